The summed E-state index contributed by atoms with van der Waals surface area (Å²) >= 11 is 0. The van der Waals surface area contributed by atoms with E-state index in [1.807, 2.05) is 19.0 Å². The Morgan fingerprint density at radius 3 is 2.06 bits per heavy atom. The molecule has 0 rings (SSSR count). The predicted molar refractivity (Wildman–Crippen MR) is 139 cm³/mol. The van der Waals surface area contributed by atoms with Crippen LogP contribution in [-0.4, -0.2) is 87.4 Å². The van der Waals surface area contributed by atoms with Gasteiger partial charge in [0.05, 0.1) is 23.9 Å². The summed E-state index contributed by atoms with van der Waals surface area (Å²) in [4.78, 5) is 50.6. The minimum Gasteiger partial charge on any atom is -0.466 e. The largest absolute Gasteiger partial charge is 0.466 e. The number of hydrogen-bond donors (Lipinski definition) is 0. The highest BCUT2D eigenvalue weighted by Crippen LogP contribution is 2.32. The summed E-state index contributed by atoms with van der Waals surface area (Å²) in [7, 11) is 6.76. The summed E-state index contributed by atoms with van der Waals surface area (Å²) in [5.74, 6) is -1.76. The molecule has 0 amide bonds. The fourth-order valence-corrected chi connectivity index (χ4v) is 4.58. The Balaban J connectivity index is 4.83. The van der Waals surface area contributed by atoms with Crippen LogP contribution in [0, 0.1) is 17.3 Å². The standard InChI is InChI=1S/C24H41NO8S2/c1-8-20(26)31-12-14-34-35-15-13-33-22(28)19(17-24(4,5)23(29)30-9-2)16-18(3)21(27)32-11-10-25(6)7/h8,18-19H,1,9-17H2,2-7H3. The van der Waals surface area contributed by atoms with Crippen molar-refractivity contribution in [3.05, 3.63) is 12.7 Å². The van der Waals surface area contributed by atoms with Gasteiger partial charge in [-0.25, -0.2) is 4.79 Å². The van der Waals surface area contributed by atoms with Crippen LogP contribution in [0.15, 0.2) is 12.7 Å². The van der Waals surface area contributed by atoms with Crippen molar-refractivity contribution in [2.24, 2.45) is 17.3 Å². The molecule has 0 spiro atoms. The molecule has 2 unspecified atom stereocenters. The zero-order valence-electron chi connectivity index (χ0n) is 21.8. The molecule has 0 aromatic rings. The summed E-state index contributed by atoms with van der Waals surface area (Å²) in [6.07, 6.45) is 1.51. The van der Waals surface area contributed by atoms with E-state index < -0.39 is 35.2 Å². The number of nitrogens with zero attached hydrogens (tertiary/aromatic N) is 1. The number of carbonyl (C=O) groups excluding carboxylic acids is 4. The molecule has 0 radical (unpaired) electrons. The molecule has 0 aromatic heterocycles. The Labute approximate surface area is 217 Å². The second-order valence-corrected chi connectivity index (χ2v) is 11.5. The van der Waals surface area contributed by atoms with E-state index in [1.54, 1.807) is 27.7 Å². The van der Waals surface area contributed by atoms with Gasteiger partial charge in [0.1, 0.15) is 19.8 Å². The van der Waals surface area contributed by atoms with Gasteiger partial charge < -0.3 is 23.8 Å². The number of esters is 4. The third kappa shape index (κ3) is 15.8. The van der Waals surface area contributed by atoms with Gasteiger partial charge in [0.15, 0.2) is 0 Å². The van der Waals surface area contributed by atoms with Gasteiger partial charge in [-0.3, -0.25) is 14.4 Å². The zero-order valence-corrected chi connectivity index (χ0v) is 23.5. The molecular formula is C24H41NO8S2. The average molecular weight is 536 g/mol. The van der Waals surface area contributed by atoms with Crippen LogP contribution in [0.4, 0.5) is 0 Å². The van der Waals surface area contributed by atoms with Gasteiger partial charge in [0.25, 0.3) is 0 Å². The molecule has 0 fully saturated rings. The molecular weight excluding hydrogens is 494 g/mol. The normalized spacial score (nSPS) is 13.0. The molecule has 0 aromatic carbocycles. The van der Waals surface area contributed by atoms with Crippen molar-refractivity contribution < 1.29 is 38.1 Å². The first-order valence-electron chi connectivity index (χ1n) is 11.6. The lowest BCUT2D eigenvalue weighted by molar-refractivity contribution is -0.158. The molecule has 11 heteroatoms. The van der Waals surface area contributed by atoms with Gasteiger partial charge in [-0.05, 0) is 47.7 Å². The maximum Gasteiger partial charge on any atom is 0.330 e. The highest BCUT2D eigenvalue weighted by atomic mass is 33.1. The van der Waals surface area contributed by atoms with Crippen molar-refractivity contribution >= 4 is 45.5 Å². The summed E-state index contributed by atoms with van der Waals surface area (Å²) in [6, 6.07) is 0. The lowest BCUT2D eigenvalue weighted by atomic mass is 9.79. The van der Waals surface area contributed by atoms with E-state index in [1.165, 1.54) is 21.6 Å². The monoisotopic (exact) mass is 535 g/mol. The summed E-state index contributed by atoms with van der Waals surface area (Å²) in [5.41, 5.74) is -0.915. The van der Waals surface area contributed by atoms with E-state index in [0.29, 0.717) is 18.1 Å². The first-order valence-corrected chi connectivity index (χ1v) is 14.1. The number of rotatable bonds is 19. The Morgan fingerprint density at radius 2 is 1.51 bits per heavy atom. The van der Waals surface area contributed by atoms with Gasteiger partial charge in [0.2, 0.25) is 0 Å². The molecule has 9 nitrogen and oxygen atoms in total. The van der Waals surface area contributed by atoms with E-state index >= 15 is 0 Å². The molecule has 202 valence electrons. The Kier molecular flexibility index (Phi) is 17.6. The highest BCUT2D eigenvalue weighted by molar-refractivity contribution is 8.76. The Morgan fingerprint density at radius 1 is 0.943 bits per heavy atom. The SMILES string of the molecule is C=CC(=O)OCCSSCCOC(=O)C(CC(C)C(=O)OCCN(C)C)CC(C)(C)C(=O)OCC. The average Bonchev–Trinajstić information content (AvgIpc) is 2.79. The fraction of sp³-hybridized carbons (Fsp3) is 0.750. The van der Waals surface area contributed by atoms with Gasteiger partial charge in [-0.15, -0.1) is 0 Å². The first-order chi connectivity index (χ1) is 16.4. The summed E-state index contributed by atoms with van der Waals surface area (Å²) < 4.78 is 20.8. The van der Waals surface area contributed by atoms with Gasteiger partial charge >= 0.3 is 23.9 Å². The van der Waals surface area contributed by atoms with Crippen molar-refractivity contribution in [3.8, 4) is 0 Å². The van der Waals surface area contributed by atoms with Crippen LogP contribution in [0.5, 0.6) is 0 Å². The summed E-state index contributed by atoms with van der Waals surface area (Å²) in [5, 5.41) is 0. The van der Waals surface area contributed by atoms with Crippen molar-refractivity contribution in [1.82, 2.24) is 4.90 Å². The molecule has 2 atom stereocenters. The van der Waals surface area contributed by atoms with Gasteiger partial charge in [-0.1, -0.05) is 35.1 Å². The molecule has 35 heavy (non-hydrogen) atoms. The minimum atomic E-state index is -0.915. The fourth-order valence-electron chi connectivity index (χ4n) is 2.93. The second kappa shape index (κ2) is 18.5. The topological polar surface area (TPSA) is 108 Å². The third-order valence-corrected chi connectivity index (χ3v) is 7.15. The lowest BCUT2D eigenvalue weighted by Crippen LogP contribution is -2.34. The highest BCUT2D eigenvalue weighted by Gasteiger charge is 2.37. The number of ether oxygens (including phenoxy) is 4. The quantitative estimate of drug-likeness (QED) is 0.0798. The van der Waals surface area contributed by atoms with E-state index in [0.717, 1.165) is 6.08 Å². The number of carbonyl (C=O) groups is 4. The maximum atomic E-state index is 12.9. The smallest absolute Gasteiger partial charge is 0.330 e. The summed E-state index contributed by atoms with van der Waals surface area (Å²) in [6.45, 7) is 11.8. The Bertz CT molecular complexity index is 684. The molecule has 0 aliphatic rings. The van der Waals surface area contributed by atoms with Crippen molar-refractivity contribution in [1.29, 1.82) is 0 Å². The number of likely N-dealkylation sites (N-methyl/N-ethyl adjacent to an activating group) is 1. The molecule has 0 aliphatic heterocycles. The van der Waals surface area contributed by atoms with Crippen LogP contribution in [-0.2, 0) is 38.1 Å². The number of hydrogen-bond acceptors (Lipinski definition) is 11. The van der Waals surface area contributed by atoms with Crippen LogP contribution < -0.4 is 0 Å². The van der Waals surface area contributed by atoms with E-state index in [-0.39, 0.29) is 45.2 Å². The van der Waals surface area contributed by atoms with Crippen LogP contribution >= 0.6 is 21.6 Å². The molecule has 0 aliphatic carbocycles. The van der Waals surface area contributed by atoms with Gasteiger partial charge in [-0.2, -0.15) is 0 Å². The third-order valence-electron chi connectivity index (χ3n) is 4.81. The second-order valence-electron chi connectivity index (χ2n) is 8.80. The minimum absolute atomic E-state index is 0.181. The van der Waals surface area contributed by atoms with E-state index in [9.17, 15) is 19.2 Å². The molecule has 0 N–H and O–H groups in total. The van der Waals surface area contributed by atoms with Crippen molar-refractivity contribution in [3.63, 3.8) is 0 Å². The van der Waals surface area contributed by atoms with Crippen molar-refractivity contribution in [2.75, 3.05) is 58.6 Å². The van der Waals surface area contributed by atoms with Crippen LogP contribution in [0.1, 0.15) is 40.5 Å². The van der Waals surface area contributed by atoms with Crippen molar-refractivity contribution in [2.45, 2.75) is 40.5 Å². The molecule has 0 heterocycles. The molecule has 0 bridgehead atoms. The lowest BCUT2D eigenvalue weighted by Gasteiger charge is -2.28. The molecule has 0 saturated carbocycles. The Hall–Kier alpha value is -1.72. The first kappa shape index (κ1) is 33.3. The molecule has 0 saturated heterocycles. The maximum absolute atomic E-state index is 12.9. The van der Waals surface area contributed by atoms with Crippen LogP contribution in [0.2, 0.25) is 0 Å². The van der Waals surface area contributed by atoms with E-state index in [2.05, 4.69) is 6.58 Å². The van der Waals surface area contributed by atoms with Crippen LogP contribution in [0.25, 0.3) is 0 Å². The zero-order chi connectivity index (χ0) is 26.9. The predicted octanol–water partition coefficient (Wildman–Crippen LogP) is 3.37. The van der Waals surface area contributed by atoms with Crippen LogP contribution in [0.3, 0.4) is 0 Å². The van der Waals surface area contributed by atoms with Gasteiger partial charge in [0, 0.05) is 24.1 Å². The van der Waals surface area contributed by atoms with E-state index in [4.69, 9.17) is 18.9 Å².